The van der Waals surface area contributed by atoms with Gasteiger partial charge >= 0.3 is 0 Å². The van der Waals surface area contributed by atoms with E-state index in [-0.39, 0.29) is 12.5 Å². The van der Waals surface area contributed by atoms with Gasteiger partial charge in [-0.25, -0.2) is 0 Å². The van der Waals surface area contributed by atoms with Crippen molar-refractivity contribution in [2.75, 3.05) is 6.61 Å². The number of fused-ring (bicyclic) bond motifs is 1. The molecule has 0 saturated carbocycles. The molecule has 18 heavy (non-hydrogen) atoms. The lowest BCUT2D eigenvalue weighted by Gasteiger charge is -2.27. The van der Waals surface area contributed by atoms with Crippen molar-refractivity contribution in [2.45, 2.75) is 26.4 Å². The first-order chi connectivity index (χ1) is 8.50. The van der Waals surface area contributed by atoms with E-state index in [4.69, 9.17) is 4.74 Å². The van der Waals surface area contributed by atoms with Crippen LogP contribution in [0.4, 0.5) is 0 Å². The molecule has 1 aromatic carbocycles. The second-order valence-corrected chi connectivity index (χ2v) is 5.13. The molecular formula is C15H19NO2. The third-order valence-corrected chi connectivity index (χ3v) is 3.37. The zero-order valence-corrected chi connectivity index (χ0v) is 11.1. The maximum absolute atomic E-state index is 10.2. The van der Waals surface area contributed by atoms with E-state index in [0.29, 0.717) is 0 Å². The molecule has 0 aliphatic rings. The molecule has 0 saturated heterocycles. The van der Waals surface area contributed by atoms with Gasteiger partial charge in [-0.15, -0.1) is 0 Å². The highest BCUT2D eigenvalue weighted by Gasteiger charge is 2.26. The summed E-state index contributed by atoms with van der Waals surface area (Å²) in [7, 11) is 0. The van der Waals surface area contributed by atoms with Gasteiger partial charge in [0.15, 0.2) is 0 Å². The SMILES string of the molecule is CC(C)C(C)(O)COc1cccc2ncccc12. The van der Waals surface area contributed by atoms with Gasteiger partial charge in [0.1, 0.15) is 12.4 Å². The Bertz CT molecular complexity index is 530. The van der Waals surface area contributed by atoms with Crippen molar-refractivity contribution in [1.29, 1.82) is 0 Å². The second kappa shape index (κ2) is 4.94. The topological polar surface area (TPSA) is 42.4 Å². The molecule has 0 bridgehead atoms. The van der Waals surface area contributed by atoms with Crippen LogP contribution in [0.25, 0.3) is 10.9 Å². The van der Waals surface area contributed by atoms with Crippen LogP contribution in [0.3, 0.4) is 0 Å². The minimum absolute atomic E-state index is 0.144. The highest BCUT2D eigenvalue weighted by molar-refractivity contribution is 5.84. The average molecular weight is 245 g/mol. The predicted octanol–water partition coefficient (Wildman–Crippen LogP) is 3.02. The van der Waals surface area contributed by atoms with E-state index in [2.05, 4.69) is 4.98 Å². The summed E-state index contributed by atoms with van der Waals surface area (Å²) < 4.78 is 5.76. The molecule has 0 aliphatic carbocycles. The molecule has 1 N–H and O–H groups in total. The van der Waals surface area contributed by atoms with Crippen LogP contribution in [-0.4, -0.2) is 22.3 Å². The number of nitrogens with zero attached hydrogens (tertiary/aromatic N) is 1. The molecule has 0 aliphatic heterocycles. The molecule has 1 atom stereocenters. The van der Waals surface area contributed by atoms with Gasteiger partial charge in [-0.3, -0.25) is 4.98 Å². The van der Waals surface area contributed by atoms with E-state index >= 15 is 0 Å². The molecule has 1 aromatic heterocycles. The molecule has 0 fully saturated rings. The van der Waals surface area contributed by atoms with Gasteiger partial charge in [-0.05, 0) is 37.1 Å². The number of aliphatic hydroxyl groups is 1. The summed E-state index contributed by atoms with van der Waals surface area (Å²) in [5, 5.41) is 11.2. The fourth-order valence-electron chi connectivity index (χ4n) is 1.59. The van der Waals surface area contributed by atoms with Crippen LogP contribution >= 0.6 is 0 Å². The third kappa shape index (κ3) is 2.62. The Balaban J connectivity index is 2.22. The van der Waals surface area contributed by atoms with Crippen LogP contribution in [0.2, 0.25) is 0 Å². The summed E-state index contributed by atoms with van der Waals surface area (Å²) >= 11 is 0. The number of hydrogen-bond acceptors (Lipinski definition) is 3. The van der Waals surface area contributed by atoms with Crippen molar-refractivity contribution in [3.8, 4) is 5.75 Å². The Morgan fingerprint density at radius 3 is 2.78 bits per heavy atom. The Labute approximate surface area is 107 Å². The van der Waals surface area contributed by atoms with E-state index < -0.39 is 5.60 Å². The van der Waals surface area contributed by atoms with Crippen molar-refractivity contribution >= 4 is 10.9 Å². The number of hydrogen-bond donors (Lipinski definition) is 1. The molecule has 3 nitrogen and oxygen atoms in total. The fourth-order valence-corrected chi connectivity index (χ4v) is 1.59. The highest BCUT2D eigenvalue weighted by Crippen LogP contribution is 2.25. The zero-order chi connectivity index (χ0) is 13.2. The summed E-state index contributed by atoms with van der Waals surface area (Å²) in [5.41, 5.74) is 0.0730. The summed E-state index contributed by atoms with van der Waals surface area (Å²) in [6.07, 6.45) is 1.76. The van der Waals surface area contributed by atoms with Gasteiger partial charge in [0, 0.05) is 11.6 Å². The summed E-state index contributed by atoms with van der Waals surface area (Å²) in [6.45, 7) is 6.03. The first kappa shape index (κ1) is 12.8. The summed E-state index contributed by atoms with van der Waals surface area (Å²) in [4.78, 5) is 4.28. The smallest absolute Gasteiger partial charge is 0.128 e. The first-order valence-corrected chi connectivity index (χ1v) is 6.19. The fraction of sp³-hybridized carbons (Fsp3) is 0.400. The van der Waals surface area contributed by atoms with Crippen LogP contribution < -0.4 is 4.74 Å². The minimum Gasteiger partial charge on any atom is -0.490 e. The molecular weight excluding hydrogens is 226 g/mol. The molecule has 96 valence electrons. The maximum atomic E-state index is 10.2. The molecule has 1 heterocycles. The van der Waals surface area contributed by atoms with Gasteiger partial charge in [0.25, 0.3) is 0 Å². The Morgan fingerprint density at radius 2 is 2.06 bits per heavy atom. The normalized spacial score (nSPS) is 14.7. The largest absolute Gasteiger partial charge is 0.490 e. The maximum Gasteiger partial charge on any atom is 0.128 e. The van der Waals surface area contributed by atoms with Crippen LogP contribution in [0, 0.1) is 5.92 Å². The Hall–Kier alpha value is -1.61. The van der Waals surface area contributed by atoms with Crippen molar-refractivity contribution < 1.29 is 9.84 Å². The van der Waals surface area contributed by atoms with Gasteiger partial charge < -0.3 is 9.84 Å². The molecule has 0 amide bonds. The quantitative estimate of drug-likeness (QED) is 0.900. The Morgan fingerprint density at radius 1 is 1.28 bits per heavy atom. The van der Waals surface area contributed by atoms with Crippen molar-refractivity contribution in [3.63, 3.8) is 0 Å². The van der Waals surface area contributed by atoms with E-state index in [1.165, 1.54) is 0 Å². The van der Waals surface area contributed by atoms with Crippen molar-refractivity contribution in [2.24, 2.45) is 5.92 Å². The van der Waals surface area contributed by atoms with E-state index in [1.807, 2.05) is 44.2 Å². The number of ether oxygens (including phenoxy) is 1. The molecule has 0 spiro atoms. The predicted molar refractivity (Wildman–Crippen MR) is 72.7 cm³/mol. The molecule has 0 radical (unpaired) electrons. The molecule has 3 heteroatoms. The second-order valence-electron chi connectivity index (χ2n) is 5.13. The van der Waals surface area contributed by atoms with Crippen molar-refractivity contribution in [1.82, 2.24) is 4.98 Å². The van der Waals surface area contributed by atoms with Gasteiger partial charge in [-0.2, -0.15) is 0 Å². The number of benzene rings is 1. The number of pyridine rings is 1. The van der Waals surface area contributed by atoms with Crippen LogP contribution in [-0.2, 0) is 0 Å². The molecule has 2 aromatic rings. The lowest BCUT2D eigenvalue weighted by Crippen LogP contribution is -2.37. The van der Waals surface area contributed by atoms with Gasteiger partial charge in [0.05, 0.1) is 11.1 Å². The monoisotopic (exact) mass is 245 g/mol. The van der Waals surface area contributed by atoms with Crippen molar-refractivity contribution in [3.05, 3.63) is 36.5 Å². The summed E-state index contributed by atoms with van der Waals surface area (Å²) in [5.74, 6) is 0.909. The number of aromatic nitrogens is 1. The van der Waals surface area contributed by atoms with E-state index in [0.717, 1.165) is 16.7 Å². The minimum atomic E-state index is -0.829. The van der Waals surface area contributed by atoms with E-state index in [9.17, 15) is 5.11 Å². The van der Waals surface area contributed by atoms with Crippen LogP contribution in [0.5, 0.6) is 5.75 Å². The standard InChI is InChI=1S/C15H19NO2/c1-11(2)15(3,17)10-18-14-8-4-7-13-12(14)6-5-9-16-13/h4-9,11,17H,10H2,1-3H3. The Kier molecular flexibility index (Phi) is 3.53. The highest BCUT2D eigenvalue weighted by atomic mass is 16.5. The number of rotatable bonds is 4. The molecule has 1 unspecified atom stereocenters. The van der Waals surface area contributed by atoms with Gasteiger partial charge in [0.2, 0.25) is 0 Å². The molecule has 2 rings (SSSR count). The summed E-state index contributed by atoms with van der Waals surface area (Å²) in [6, 6.07) is 9.62. The zero-order valence-electron chi connectivity index (χ0n) is 11.1. The third-order valence-electron chi connectivity index (χ3n) is 3.37. The lowest BCUT2D eigenvalue weighted by atomic mass is 9.94. The van der Waals surface area contributed by atoms with Crippen LogP contribution in [0.15, 0.2) is 36.5 Å². The van der Waals surface area contributed by atoms with E-state index in [1.54, 1.807) is 13.1 Å². The first-order valence-electron chi connectivity index (χ1n) is 6.19. The lowest BCUT2D eigenvalue weighted by molar-refractivity contribution is -0.0262. The van der Waals surface area contributed by atoms with Crippen LogP contribution in [0.1, 0.15) is 20.8 Å². The average Bonchev–Trinajstić information content (AvgIpc) is 2.36. The van der Waals surface area contributed by atoms with Gasteiger partial charge in [-0.1, -0.05) is 19.9 Å².